The molecule has 44 heavy (non-hydrogen) atoms. The van der Waals surface area contributed by atoms with Gasteiger partial charge in [-0.1, -0.05) is 66.7 Å². The molecular formula is C34H40BrCl2N3O4. The van der Waals surface area contributed by atoms with E-state index in [1.165, 1.54) is 32.1 Å². The van der Waals surface area contributed by atoms with Crippen molar-refractivity contribution < 1.29 is 19.1 Å². The van der Waals surface area contributed by atoms with E-state index in [0.29, 0.717) is 63.5 Å². The van der Waals surface area contributed by atoms with Gasteiger partial charge in [-0.15, -0.1) is 0 Å². The highest BCUT2D eigenvalue weighted by Crippen LogP contribution is 2.34. The topological polar surface area (TPSA) is 93.9 Å². The summed E-state index contributed by atoms with van der Waals surface area (Å²) in [6.45, 7) is 1.27. The largest absolute Gasteiger partial charge is 0.465 e. The van der Waals surface area contributed by atoms with Crippen molar-refractivity contribution >= 4 is 68.1 Å². The van der Waals surface area contributed by atoms with E-state index in [9.17, 15) is 9.59 Å². The zero-order valence-corrected chi connectivity index (χ0v) is 28.1. The first kappa shape index (κ1) is 34.1. The number of carbonyl (C=O) groups is 2. The summed E-state index contributed by atoms with van der Waals surface area (Å²) in [6.07, 6.45) is 8.43. The second-order valence-corrected chi connectivity index (χ2v) is 12.9. The molecule has 4 rings (SSSR count). The van der Waals surface area contributed by atoms with Crippen LogP contribution >= 0.6 is 39.1 Å². The summed E-state index contributed by atoms with van der Waals surface area (Å²) in [5, 5.41) is 4.21. The van der Waals surface area contributed by atoms with Gasteiger partial charge in [0.05, 0.1) is 46.6 Å². The summed E-state index contributed by atoms with van der Waals surface area (Å²) in [5.41, 5.74) is 10.5. The number of halogens is 3. The third-order valence-electron chi connectivity index (χ3n) is 7.93. The quantitative estimate of drug-likeness (QED) is 0.0983. The third kappa shape index (κ3) is 9.86. The van der Waals surface area contributed by atoms with E-state index in [0.717, 1.165) is 23.2 Å². The SMILES string of the molecule is CN(Cc1cc(C(=O)OCCCCCOC(=O)Cc2ccccc2Nc2c(Cl)cccc2Cl)cc(Br)c1N)C1CCCCC1. The van der Waals surface area contributed by atoms with Gasteiger partial charge in [0.25, 0.3) is 0 Å². The molecule has 0 atom stereocenters. The number of nitrogens with one attached hydrogen (secondary N) is 1. The van der Waals surface area contributed by atoms with Crippen LogP contribution in [0.2, 0.25) is 10.0 Å². The van der Waals surface area contributed by atoms with Gasteiger partial charge in [0.15, 0.2) is 0 Å². The number of unbranched alkanes of at least 4 members (excludes halogenated alkanes) is 2. The van der Waals surface area contributed by atoms with Gasteiger partial charge in [0.1, 0.15) is 0 Å². The summed E-state index contributed by atoms with van der Waals surface area (Å²) in [5.74, 6) is -0.696. The lowest BCUT2D eigenvalue weighted by molar-refractivity contribution is -0.142. The lowest BCUT2D eigenvalue weighted by Gasteiger charge is -2.31. The summed E-state index contributed by atoms with van der Waals surface area (Å²) in [6, 6.07) is 16.8. The minimum atomic E-state index is -0.371. The number of anilines is 3. The Hall–Kier alpha value is -2.78. The van der Waals surface area contributed by atoms with E-state index >= 15 is 0 Å². The van der Waals surface area contributed by atoms with Crippen molar-refractivity contribution in [2.75, 3.05) is 31.3 Å². The van der Waals surface area contributed by atoms with E-state index in [1.54, 1.807) is 24.3 Å². The molecule has 0 spiro atoms. The van der Waals surface area contributed by atoms with Gasteiger partial charge in [-0.05, 0) is 96.5 Å². The summed E-state index contributed by atoms with van der Waals surface area (Å²) < 4.78 is 11.7. The van der Waals surface area contributed by atoms with Gasteiger partial charge in [0, 0.05) is 22.7 Å². The van der Waals surface area contributed by atoms with Crippen LogP contribution in [-0.2, 0) is 27.2 Å². The van der Waals surface area contributed by atoms with Crippen molar-refractivity contribution in [1.29, 1.82) is 0 Å². The van der Waals surface area contributed by atoms with Crippen molar-refractivity contribution in [3.05, 3.63) is 85.8 Å². The summed E-state index contributed by atoms with van der Waals surface area (Å²) >= 11 is 16.1. The molecule has 3 aromatic carbocycles. The van der Waals surface area contributed by atoms with Crippen LogP contribution in [0.3, 0.4) is 0 Å². The van der Waals surface area contributed by atoms with Gasteiger partial charge in [0.2, 0.25) is 0 Å². The fraction of sp³-hybridized carbons (Fsp3) is 0.412. The molecule has 1 aliphatic carbocycles. The van der Waals surface area contributed by atoms with E-state index < -0.39 is 0 Å². The first-order chi connectivity index (χ1) is 21.2. The molecule has 3 aromatic rings. The number of nitrogens with two attached hydrogens (primary N) is 1. The van der Waals surface area contributed by atoms with Gasteiger partial charge in [-0.3, -0.25) is 9.69 Å². The third-order valence-corrected chi connectivity index (χ3v) is 9.21. The molecule has 0 heterocycles. The number of benzene rings is 3. The van der Waals surface area contributed by atoms with Crippen molar-refractivity contribution in [2.24, 2.45) is 0 Å². The lowest BCUT2D eigenvalue weighted by Crippen LogP contribution is -2.33. The molecule has 0 amide bonds. The predicted molar refractivity (Wildman–Crippen MR) is 182 cm³/mol. The Morgan fingerprint density at radius 1 is 0.932 bits per heavy atom. The highest BCUT2D eigenvalue weighted by Gasteiger charge is 2.20. The number of hydrogen-bond donors (Lipinski definition) is 2. The van der Waals surface area contributed by atoms with Crippen LogP contribution in [-0.4, -0.2) is 43.1 Å². The van der Waals surface area contributed by atoms with Crippen LogP contribution in [0.1, 0.15) is 72.9 Å². The van der Waals surface area contributed by atoms with E-state index in [2.05, 4.69) is 33.2 Å². The average Bonchev–Trinajstić information content (AvgIpc) is 3.01. The number of nitrogen functional groups attached to an aromatic ring is 1. The van der Waals surface area contributed by atoms with Gasteiger partial charge in [-0.25, -0.2) is 4.79 Å². The molecule has 0 saturated heterocycles. The standard InChI is InChI=1S/C34H40BrCl2N3O4/c1-40(26-12-4-2-5-13-26)22-25-19-24(20-27(35)32(25)38)34(42)44-18-9-3-8-17-43-31(41)21-23-11-6-7-16-30(23)39-33-28(36)14-10-15-29(33)37/h6-7,10-11,14-16,19-20,26,39H,2-5,8-9,12-13,17-18,21-22,38H2,1H3. The Bertz CT molecular complexity index is 1410. The Balaban J connectivity index is 1.17. The van der Waals surface area contributed by atoms with Crippen LogP contribution in [0.5, 0.6) is 0 Å². The maximum Gasteiger partial charge on any atom is 0.338 e. The molecule has 0 unspecified atom stereocenters. The number of rotatable bonds is 14. The Labute approximate surface area is 278 Å². The number of carbonyl (C=O) groups excluding carboxylic acids is 2. The zero-order valence-electron chi connectivity index (χ0n) is 25.1. The van der Waals surface area contributed by atoms with E-state index in [4.69, 9.17) is 38.4 Å². The van der Waals surface area contributed by atoms with Gasteiger partial charge < -0.3 is 20.5 Å². The predicted octanol–water partition coefficient (Wildman–Crippen LogP) is 8.96. The molecule has 0 aromatic heterocycles. The monoisotopic (exact) mass is 703 g/mol. The molecule has 10 heteroatoms. The lowest BCUT2D eigenvalue weighted by atomic mass is 9.94. The van der Waals surface area contributed by atoms with E-state index in [1.807, 2.05) is 30.3 Å². The van der Waals surface area contributed by atoms with Crippen molar-refractivity contribution in [2.45, 2.75) is 70.4 Å². The number of esters is 2. The summed E-state index contributed by atoms with van der Waals surface area (Å²) in [4.78, 5) is 27.7. The molecule has 1 aliphatic rings. The van der Waals surface area contributed by atoms with Gasteiger partial charge >= 0.3 is 11.9 Å². The van der Waals surface area contributed by atoms with E-state index in [-0.39, 0.29) is 25.0 Å². The molecule has 0 aliphatic heterocycles. The molecule has 0 radical (unpaired) electrons. The Morgan fingerprint density at radius 3 is 2.34 bits per heavy atom. The van der Waals surface area contributed by atoms with Crippen LogP contribution in [0.25, 0.3) is 0 Å². The Kier molecular flexibility index (Phi) is 13.2. The van der Waals surface area contributed by atoms with Crippen LogP contribution < -0.4 is 11.1 Å². The minimum Gasteiger partial charge on any atom is -0.465 e. The maximum absolute atomic E-state index is 12.8. The fourth-order valence-electron chi connectivity index (χ4n) is 5.41. The second-order valence-electron chi connectivity index (χ2n) is 11.2. The number of hydrogen-bond acceptors (Lipinski definition) is 7. The van der Waals surface area contributed by atoms with Crippen LogP contribution in [0.4, 0.5) is 17.1 Å². The molecule has 236 valence electrons. The highest BCUT2D eigenvalue weighted by atomic mass is 79.9. The van der Waals surface area contributed by atoms with Crippen molar-refractivity contribution in [1.82, 2.24) is 4.90 Å². The second kappa shape index (κ2) is 17.1. The molecule has 0 bridgehead atoms. The first-order valence-corrected chi connectivity index (χ1v) is 16.7. The zero-order chi connectivity index (χ0) is 31.5. The Morgan fingerprint density at radius 2 is 1.61 bits per heavy atom. The molecular weight excluding hydrogens is 665 g/mol. The minimum absolute atomic E-state index is 0.110. The maximum atomic E-state index is 12.8. The van der Waals surface area contributed by atoms with Crippen LogP contribution in [0.15, 0.2) is 59.1 Å². The average molecular weight is 706 g/mol. The van der Waals surface area contributed by atoms with Crippen molar-refractivity contribution in [3.63, 3.8) is 0 Å². The number of para-hydroxylation sites is 2. The fourth-order valence-corrected chi connectivity index (χ4v) is 6.41. The molecule has 1 fully saturated rings. The molecule has 1 saturated carbocycles. The van der Waals surface area contributed by atoms with Crippen LogP contribution in [0, 0.1) is 0 Å². The smallest absolute Gasteiger partial charge is 0.338 e. The highest BCUT2D eigenvalue weighted by molar-refractivity contribution is 9.10. The molecule has 3 N–H and O–H groups in total. The van der Waals surface area contributed by atoms with Crippen molar-refractivity contribution in [3.8, 4) is 0 Å². The normalized spacial score (nSPS) is 13.6. The summed E-state index contributed by atoms with van der Waals surface area (Å²) in [7, 11) is 2.13. The van der Waals surface area contributed by atoms with Gasteiger partial charge in [-0.2, -0.15) is 0 Å². The first-order valence-electron chi connectivity index (χ1n) is 15.1. The number of ether oxygens (including phenoxy) is 2. The molecule has 7 nitrogen and oxygen atoms in total. The number of nitrogens with zero attached hydrogens (tertiary/aromatic N) is 1.